The monoisotopic (exact) mass is 1750 g/mol. The molecule has 0 saturated carbocycles. The first kappa shape index (κ1) is 105. The summed E-state index contributed by atoms with van der Waals surface area (Å²) in [6, 6.07) is -19.5. The van der Waals surface area contributed by atoms with Crippen LogP contribution in [-0.4, -0.2) is 357 Å². The Kier molecular flexibility index (Phi) is 42.4. The average molecular weight is 1750 g/mol. The van der Waals surface area contributed by atoms with Gasteiger partial charge in [-0.05, 0) is 130 Å². The van der Waals surface area contributed by atoms with Gasteiger partial charge in [-0.25, -0.2) is 4.79 Å². The van der Waals surface area contributed by atoms with E-state index in [4.69, 9.17) is 5.73 Å². The molecule has 3 heterocycles. The summed E-state index contributed by atoms with van der Waals surface area (Å²) in [5.74, 6) is -19.2. The van der Waals surface area contributed by atoms with Crippen LogP contribution < -0.4 is 74.9 Å². The average Bonchev–Trinajstić information content (AvgIpc) is 1.64. The zero-order valence-electron chi connectivity index (χ0n) is 70.7. The number of carboxylic acids is 1. The molecule has 0 aliphatic carbocycles. The number of nitrogens with one attached hydrogen (secondary N) is 13. The molecule has 0 radical (unpaired) electrons. The highest BCUT2D eigenvalue weighted by molar-refractivity contribution is 7.98. The molecular formula is C77H125N17O27S. The third-order valence-electron chi connectivity index (χ3n) is 21.2. The number of hydrogen-bond acceptors (Lipinski definition) is 28. The lowest BCUT2D eigenvalue weighted by molar-refractivity contribution is -0.146. The zero-order valence-corrected chi connectivity index (χ0v) is 71.6. The van der Waals surface area contributed by atoms with Crippen LogP contribution in [0.15, 0.2) is 30.3 Å². The number of nitrogens with zero attached hydrogens (tertiary/aromatic N) is 3. The van der Waals surface area contributed by atoms with Crippen LogP contribution in [0.3, 0.4) is 0 Å². The van der Waals surface area contributed by atoms with Crippen molar-refractivity contribution in [2.45, 2.75) is 286 Å². The SMILES string of the molecule is CC[C@H](C)[C@H](N)C(=O)N1CCC[C@H]1C(=O)N[C@@H](CO)C(=O)N[C@H](C(=O)N[C@H](C(=O)N1CCC[C@H]1C(=O)N[C@@H](Cc1ccccc1)C(=O)N1CCC[C@H]1C(=O)N[C@@H](CO)C(=O)N[C@H](C(=O)N[C@H](C(=O)N[C@H](C(=O)N[C@@H](C)C(=O)N[C@H](C(=O)N[C@H](C(=O)N[C@H](C(=O)N[C@@H](CCSC)C(=O)O)[C@@H](C)O)[C@@H](C)O)[C@@H](C)O)C(C)C)[C@@H](C)O)[C@@H](C)O)[C@@H](C)O)[C@@H](C)O. The summed E-state index contributed by atoms with van der Waals surface area (Å²) in [6.07, 6.45) is -9.10. The van der Waals surface area contributed by atoms with Crippen LogP contribution >= 0.6 is 11.8 Å². The molecule has 3 fully saturated rings. The number of rotatable bonds is 47. The summed E-state index contributed by atoms with van der Waals surface area (Å²) in [5.41, 5.74) is 6.70. The maximum absolute atomic E-state index is 14.9. The summed E-state index contributed by atoms with van der Waals surface area (Å²) < 4.78 is 0. The van der Waals surface area contributed by atoms with Gasteiger partial charge in [0, 0.05) is 26.1 Å². The minimum absolute atomic E-state index is 0.00491. The minimum Gasteiger partial charge on any atom is -0.480 e. The molecule has 16 amide bonds. The normalized spacial score (nSPS) is 20.7. The van der Waals surface area contributed by atoms with Gasteiger partial charge in [-0.2, -0.15) is 11.8 Å². The van der Waals surface area contributed by atoms with Gasteiger partial charge in [-0.3, -0.25) is 76.7 Å². The van der Waals surface area contributed by atoms with Crippen molar-refractivity contribution in [1.82, 2.24) is 83.8 Å². The molecule has 3 saturated heterocycles. The predicted molar refractivity (Wildman–Crippen MR) is 434 cm³/mol. The third kappa shape index (κ3) is 29.7. The molecule has 25 N–H and O–H groups in total. The van der Waals surface area contributed by atoms with Crippen molar-refractivity contribution in [2.24, 2.45) is 17.6 Å². The predicted octanol–water partition coefficient (Wildman–Crippen LogP) is -9.96. The van der Waals surface area contributed by atoms with Crippen LogP contribution in [-0.2, 0) is 87.9 Å². The van der Waals surface area contributed by atoms with Crippen LogP contribution in [0.4, 0.5) is 0 Å². The highest BCUT2D eigenvalue weighted by Gasteiger charge is 2.47. The van der Waals surface area contributed by atoms with E-state index in [1.165, 1.54) is 30.5 Å². The maximum atomic E-state index is 14.9. The first-order chi connectivity index (χ1) is 57.2. The number of thioether (sulfide) groups is 1. The Hall–Kier alpha value is -9.84. The van der Waals surface area contributed by atoms with Gasteiger partial charge in [-0.1, -0.05) is 64.4 Å². The lowest BCUT2D eigenvalue weighted by Gasteiger charge is -2.33. The van der Waals surface area contributed by atoms with Gasteiger partial charge >= 0.3 is 5.97 Å². The molecule has 3 aliphatic rings. The number of benzene rings is 1. The van der Waals surface area contributed by atoms with Crippen LogP contribution in [0.5, 0.6) is 0 Å². The zero-order chi connectivity index (χ0) is 92.2. The summed E-state index contributed by atoms with van der Waals surface area (Å²) >= 11 is 1.29. The van der Waals surface area contributed by atoms with Crippen molar-refractivity contribution in [3.05, 3.63) is 35.9 Å². The lowest BCUT2D eigenvalue weighted by Crippen LogP contribution is -2.64. The van der Waals surface area contributed by atoms with E-state index in [1.807, 2.05) is 6.92 Å². The Morgan fingerprint density at radius 2 is 0.705 bits per heavy atom. The quantitative estimate of drug-likeness (QED) is 0.0288. The Balaban J connectivity index is 1.44. The van der Waals surface area contributed by atoms with Gasteiger partial charge < -0.3 is 141 Å². The van der Waals surface area contributed by atoms with E-state index in [0.717, 1.165) is 65.2 Å². The molecule has 1 aromatic carbocycles. The number of aliphatic hydroxyl groups is 9. The van der Waals surface area contributed by atoms with Gasteiger partial charge in [0.15, 0.2) is 0 Å². The second-order valence-electron chi connectivity index (χ2n) is 31.4. The number of likely N-dealkylation sites (tertiary alicyclic amines) is 3. The molecule has 0 spiro atoms. The van der Waals surface area contributed by atoms with Crippen molar-refractivity contribution in [3.8, 4) is 0 Å². The fraction of sp³-hybridized carbons (Fsp3) is 0.701. The van der Waals surface area contributed by atoms with Crippen molar-refractivity contribution in [2.75, 3.05) is 44.9 Å². The van der Waals surface area contributed by atoms with Crippen molar-refractivity contribution in [3.63, 3.8) is 0 Å². The summed E-state index contributed by atoms with van der Waals surface area (Å²) in [7, 11) is 0. The van der Waals surface area contributed by atoms with E-state index in [-0.39, 0.29) is 70.5 Å². The molecule has 0 bridgehead atoms. The number of aliphatic hydroxyl groups excluding tert-OH is 9. The van der Waals surface area contributed by atoms with Gasteiger partial charge in [0.2, 0.25) is 94.5 Å². The van der Waals surface area contributed by atoms with E-state index < -0.39 is 265 Å². The van der Waals surface area contributed by atoms with E-state index >= 15 is 0 Å². The molecule has 0 unspecified atom stereocenters. The first-order valence-corrected chi connectivity index (χ1v) is 42.0. The molecular weight excluding hydrogens is 1630 g/mol. The van der Waals surface area contributed by atoms with Gasteiger partial charge in [-0.15, -0.1) is 0 Å². The highest BCUT2D eigenvalue weighted by Crippen LogP contribution is 2.25. The van der Waals surface area contributed by atoms with E-state index in [2.05, 4.69) is 69.1 Å². The summed E-state index contributed by atoms with van der Waals surface area (Å²) in [4.78, 5) is 238. The molecule has 25 atom stereocenters. The number of carbonyl (C=O) groups excluding carboxylic acids is 16. The third-order valence-corrected chi connectivity index (χ3v) is 21.9. The number of amides is 16. The summed E-state index contributed by atoms with van der Waals surface area (Å²) in [6.45, 7) is 13.1. The Labute approximate surface area is 710 Å². The number of carboxylic acid groups (broad SMARTS) is 1. The number of aliphatic carboxylic acids is 1. The highest BCUT2D eigenvalue weighted by atomic mass is 32.2. The van der Waals surface area contributed by atoms with Crippen LogP contribution in [0.25, 0.3) is 0 Å². The molecule has 122 heavy (non-hydrogen) atoms. The lowest BCUT2D eigenvalue weighted by atomic mass is 9.98. The van der Waals surface area contributed by atoms with Gasteiger partial charge in [0.25, 0.3) is 0 Å². The van der Waals surface area contributed by atoms with Crippen LogP contribution in [0.2, 0.25) is 0 Å². The molecule has 3 aliphatic heterocycles. The van der Waals surface area contributed by atoms with Gasteiger partial charge in [0.05, 0.1) is 62.0 Å². The molecule has 45 heteroatoms. The van der Waals surface area contributed by atoms with Crippen molar-refractivity contribution in [1.29, 1.82) is 0 Å². The Bertz CT molecular complexity index is 3790. The van der Waals surface area contributed by atoms with Crippen molar-refractivity contribution < 1.29 is 133 Å². The second kappa shape index (κ2) is 49.5. The number of carbonyl (C=O) groups is 17. The minimum atomic E-state index is -2.02. The molecule has 686 valence electrons. The van der Waals surface area contributed by atoms with Crippen molar-refractivity contribution >= 4 is 112 Å². The smallest absolute Gasteiger partial charge is 0.326 e. The largest absolute Gasteiger partial charge is 0.480 e. The molecule has 1 aromatic rings. The fourth-order valence-electron chi connectivity index (χ4n) is 13.7. The standard InChI is InChI=1S/C77H125N17O27S/c1-14-35(4)52(78)75(118)93-28-19-24-50(93)66(109)83-48(33-96)63(106)87-57(40(9)100)73(116)91-60(43(12)103)76(119)94-29-20-25-51(94)64(107)81-46(31-44-21-16-15-17-22-44)74(117)92-27-18-23-49(92)65(108)82-47(32-95)62(105)86-56(39(8)99)71(114)89-58(41(10)101)69(112)84-53(34(2)3)67(110)79-36(5)61(104)85-55(38(7)98)70(113)90-59(42(11)102)72(115)88-54(37(6)97)68(111)80-45(77(120)121)26-30-122-13/h15-17,21-22,34-43,45-60,95-103H,14,18-20,23-33,78H2,1-13H3,(H,79,110)(H,80,111)(H,81,107)(H,82,108)(H,83,109)(H,84,112)(H,85,104)(H,86,105)(H,87,106)(H,88,115)(H,89,114)(H,90,113)(H,91,116)(H,120,121)/t35-,36-,37+,38+,39+,40+,41+,42+,43+,45-,46-,47-,48-,49-,50-,51-,52-,53-,54-,55-,56-,57-,58-,59-,60-/m0/s1. The Morgan fingerprint density at radius 1 is 0.393 bits per heavy atom. The molecule has 44 nitrogen and oxygen atoms in total. The first-order valence-electron chi connectivity index (χ1n) is 40.6. The van der Waals surface area contributed by atoms with Crippen LogP contribution in [0, 0.1) is 11.8 Å². The number of nitrogens with two attached hydrogens (primary N) is 1. The van der Waals surface area contributed by atoms with Crippen LogP contribution in [0.1, 0.15) is 140 Å². The van der Waals surface area contributed by atoms with E-state index in [9.17, 15) is 133 Å². The number of hydrogen-bond donors (Lipinski definition) is 24. The molecule has 4 rings (SSSR count). The maximum Gasteiger partial charge on any atom is 0.326 e. The molecule has 0 aromatic heterocycles. The second-order valence-corrected chi connectivity index (χ2v) is 32.4. The Morgan fingerprint density at radius 3 is 1.04 bits per heavy atom. The van der Waals surface area contributed by atoms with Gasteiger partial charge in [0.1, 0.15) is 96.7 Å². The fourth-order valence-corrected chi connectivity index (χ4v) is 14.2. The topological polar surface area (TPSA) is 685 Å². The summed E-state index contributed by atoms with van der Waals surface area (Å²) in [5, 5.41) is 135. The van der Waals surface area contributed by atoms with E-state index in [0.29, 0.717) is 24.2 Å². The van der Waals surface area contributed by atoms with E-state index in [1.54, 1.807) is 43.5 Å².